The lowest BCUT2D eigenvalue weighted by atomic mass is 9.95. The third kappa shape index (κ3) is 3.59. The number of anilines is 1. The van der Waals surface area contributed by atoms with Gasteiger partial charge in [0.05, 0.1) is 17.3 Å². The molecule has 1 saturated heterocycles. The number of aromatic nitrogens is 1. The van der Waals surface area contributed by atoms with Crippen LogP contribution in [0.5, 0.6) is 0 Å². The third-order valence-electron chi connectivity index (χ3n) is 3.97. The average Bonchev–Trinajstić information content (AvgIpc) is 3.07. The Morgan fingerprint density at radius 2 is 2.23 bits per heavy atom. The molecule has 1 N–H and O–H groups in total. The quantitative estimate of drug-likeness (QED) is 0.932. The van der Waals surface area contributed by atoms with Gasteiger partial charge in [-0.1, -0.05) is 17.7 Å². The maximum Gasteiger partial charge on any atom is 0.223 e. The third-order valence-corrected chi connectivity index (χ3v) is 5.14. The highest BCUT2D eigenvalue weighted by molar-refractivity contribution is 7.09. The number of nitrogens with one attached hydrogen (secondary N) is 1. The average molecular weight is 336 g/mol. The fourth-order valence-corrected chi connectivity index (χ4v) is 3.62. The minimum atomic E-state index is 0.0943. The van der Waals surface area contributed by atoms with E-state index in [1.165, 1.54) is 4.88 Å². The van der Waals surface area contributed by atoms with Crippen molar-refractivity contribution in [1.82, 2.24) is 10.3 Å². The fourth-order valence-electron chi connectivity index (χ4n) is 2.74. The zero-order valence-corrected chi connectivity index (χ0v) is 13.7. The van der Waals surface area contributed by atoms with Crippen molar-refractivity contribution in [2.75, 3.05) is 18.0 Å². The number of pyridine rings is 1. The van der Waals surface area contributed by atoms with E-state index in [0.717, 1.165) is 31.6 Å². The van der Waals surface area contributed by atoms with Crippen LogP contribution < -0.4 is 10.2 Å². The molecule has 0 saturated carbocycles. The highest BCUT2D eigenvalue weighted by atomic mass is 35.5. The smallest absolute Gasteiger partial charge is 0.223 e. The first-order chi connectivity index (χ1) is 10.7. The van der Waals surface area contributed by atoms with E-state index in [4.69, 9.17) is 11.6 Å². The van der Waals surface area contributed by atoms with Gasteiger partial charge in [0.1, 0.15) is 0 Å². The Morgan fingerprint density at radius 3 is 2.91 bits per heavy atom. The normalized spacial score (nSPS) is 15.8. The molecule has 2 aromatic heterocycles. The minimum absolute atomic E-state index is 0.0943. The molecule has 1 fully saturated rings. The number of amides is 1. The Balaban J connectivity index is 1.51. The molecular formula is C16H18ClN3OS. The molecule has 2 aromatic rings. The van der Waals surface area contributed by atoms with Gasteiger partial charge in [0, 0.05) is 36.3 Å². The lowest BCUT2D eigenvalue weighted by Crippen LogP contribution is -2.40. The van der Waals surface area contributed by atoms with E-state index in [0.29, 0.717) is 11.6 Å². The van der Waals surface area contributed by atoms with Crippen molar-refractivity contribution < 1.29 is 4.79 Å². The molecule has 0 bridgehead atoms. The summed E-state index contributed by atoms with van der Waals surface area (Å²) in [5.74, 6) is 0.255. The summed E-state index contributed by atoms with van der Waals surface area (Å²) in [6, 6.07) is 5.97. The lowest BCUT2D eigenvalue weighted by molar-refractivity contribution is -0.125. The number of carbonyl (C=O) groups excluding carboxylic acids is 1. The summed E-state index contributed by atoms with van der Waals surface area (Å²) in [6.45, 7) is 2.33. The molecule has 0 aromatic carbocycles. The van der Waals surface area contributed by atoms with Gasteiger partial charge in [-0.05, 0) is 30.4 Å². The molecule has 6 heteroatoms. The highest BCUT2D eigenvalue weighted by Gasteiger charge is 2.25. The maximum atomic E-state index is 12.2. The summed E-state index contributed by atoms with van der Waals surface area (Å²) in [5, 5.41) is 5.73. The highest BCUT2D eigenvalue weighted by Crippen LogP contribution is 2.28. The van der Waals surface area contributed by atoms with E-state index in [1.54, 1.807) is 23.7 Å². The van der Waals surface area contributed by atoms with Gasteiger partial charge < -0.3 is 10.2 Å². The van der Waals surface area contributed by atoms with Crippen molar-refractivity contribution in [3.8, 4) is 0 Å². The number of piperidine rings is 1. The fraction of sp³-hybridized carbons (Fsp3) is 0.375. The lowest BCUT2D eigenvalue weighted by Gasteiger charge is -2.33. The molecule has 1 amide bonds. The number of hydrogen-bond donors (Lipinski definition) is 1. The van der Waals surface area contributed by atoms with Crippen LogP contribution >= 0.6 is 22.9 Å². The molecule has 22 heavy (non-hydrogen) atoms. The van der Waals surface area contributed by atoms with Gasteiger partial charge in [-0.3, -0.25) is 9.78 Å². The van der Waals surface area contributed by atoms with E-state index in [-0.39, 0.29) is 11.8 Å². The molecule has 0 unspecified atom stereocenters. The Kier molecular flexibility index (Phi) is 4.95. The Labute approximate surface area is 139 Å². The predicted octanol–water partition coefficient (Wildman–Crippen LogP) is 3.33. The predicted molar refractivity (Wildman–Crippen MR) is 90.3 cm³/mol. The van der Waals surface area contributed by atoms with E-state index in [9.17, 15) is 4.79 Å². The largest absolute Gasteiger partial charge is 0.370 e. The number of carbonyl (C=O) groups is 1. The Hall–Kier alpha value is -1.59. The SMILES string of the molecule is O=C(NCc1cccs1)C1CCN(c2ccncc2Cl)CC1. The maximum absolute atomic E-state index is 12.2. The molecule has 0 radical (unpaired) electrons. The summed E-state index contributed by atoms with van der Waals surface area (Å²) in [5.41, 5.74) is 1.01. The molecule has 0 atom stereocenters. The van der Waals surface area contributed by atoms with Gasteiger partial charge in [-0.25, -0.2) is 0 Å². The summed E-state index contributed by atoms with van der Waals surface area (Å²) < 4.78 is 0. The number of nitrogens with zero attached hydrogens (tertiary/aromatic N) is 2. The van der Waals surface area contributed by atoms with Crippen molar-refractivity contribution >= 4 is 34.5 Å². The second-order valence-corrected chi connectivity index (χ2v) is 6.83. The van der Waals surface area contributed by atoms with Gasteiger partial charge in [0.2, 0.25) is 5.91 Å². The molecule has 116 valence electrons. The first-order valence-corrected chi connectivity index (χ1v) is 8.64. The first-order valence-electron chi connectivity index (χ1n) is 7.38. The molecule has 3 heterocycles. The van der Waals surface area contributed by atoms with Gasteiger partial charge in [-0.15, -0.1) is 11.3 Å². The second kappa shape index (κ2) is 7.11. The molecule has 1 aliphatic rings. The standard InChI is InChI=1S/C16H18ClN3OS/c17-14-11-18-6-3-15(14)20-7-4-12(5-8-20)16(21)19-10-13-2-1-9-22-13/h1-3,6,9,11-12H,4-5,7-8,10H2,(H,19,21). The topological polar surface area (TPSA) is 45.2 Å². The van der Waals surface area contributed by atoms with Crippen molar-refractivity contribution in [2.24, 2.45) is 5.92 Å². The molecule has 4 nitrogen and oxygen atoms in total. The van der Waals surface area contributed by atoms with Gasteiger partial charge in [0.15, 0.2) is 0 Å². The Bertz CT molecular complexity index is 624. The van der Waals surface area contributed by atoms with E-state index >= 15 is 0 Å². The van der Waals surface area contributed by atoms with Crippen LogP contribution in [-0.2, 0) is 11.3 Å². The van der Waals surface area contributed by atoms with Crippen molar-refractivity contribution in [3.63, 3.8) is 0 Å². The number of halogens is 1. The Morgan fingerprint density at radius 1 is 1.41 bits per heavy atom. The number of hydrogen-bond acceptors (Lipinski definition) is 4. The molecule has 0 spiro atoms. The van der Waals surface area contributed by atoms with Crippen LogP contribution in [0.3, 0.4) is 0 Å². The van der Waals surface area contributed by atoms with E-state index in [2.05, 4.69) is 15.2 Å². The molecule has 3 rings (SSSR count). The number of rotatable bonds is 4. The minimum Gasteiger partial charge on any atom is -0.370 e. The van der Waals surface area contributed by atoms with Crippen molar-refractivity contribution in [2.45, 2.75) is 19.4 Å². The van der Waals surface area contributed by atoms with Crippen LogP contribution in [0, 0.1) is 5.92 Å². The van der Waals surface area contributed by atoms with Crippen molar-refractivity contribution in [3.05, 3.63) is 45.9 Å². The van der Waals surface area contributed by atoms with Gasteiger partial charge >= 0.3 is 0 Å². The van der Waals surface area contributed by atoms with Crippen molar-refractivity contribution in [1.29, 1.82) is 0 Å². The van der Waals surface area contributed by atoms with Crippen LogP contribution in [-0.4, -0.2) is 24.0 Å². The molecule has 1 aliphatic heterocycles. The summed E-state index contributed by atoms with van der Waals surface area (Å²) in [6.07, 6.45) is 5.13. The van der Waals surface area contributed by atoms with Crippen LogP contribution in [0.1, 0.15) is 17.7 Å². The van der Waals surface area contributed by atoms with Crippen LogP contribution in [0.2, 0.25) is 5.02 Å². The second-order valence-electron chi connectivity index (χ2n) is 5.39. The number of thiophene rings is 1. The van der Waals surface area contributed by atoms with E-state index < -0.39 is 0 Å². The van der Waals surface area contributed by atoms with Crippen LogP contribution in [0.4, 0.5) is 5.69 Å². The van der Waals surface area contributed by atoms with Crippen LogP contribution in [0.25, 0.3) is 0 Å². The monoisotopic (exact) mass is 335 g/mol. The molecule has 0 aliphatic carbocycles. The molecular weight excluding hydrogens is 318 g/mol. The van der Waals surface area contributed by atoms with Gasteiger partial charge in [-0.2, -0.15) is 0 Å². The summed E-state index contributed by atoms with van der Waals surface area (Å²) in [7, 11) is 0. The summed E-state index contributed by atoms with van der Waals surface area (Å²) in [4.78, 5) is 19.7. The van der Waals surface area contributed by atoms with Gasteiger partial charge in [0.25, 0.3) is 0 Å². The summed E-state index contributed by atoms with van der Waals surface area (Å²) >= 11 is 7.85. The van der Waals surface area contributed by atoms with E-state index in [1.807, 2.05) is 23.6 Å². The zero-order valence-electron chi connectivity index (χ0n) is 12.2. The zero-order chi connectivity index (χ0) is 15.4. The first kappa shape index (κ1) is 15.3. The van der Waals surface area contributed by atoms with Crippen LogP contribution in [0.15, 0.2) is 36.0 Å².